The summed E-state index contributed by atoms with van der Waals surface area (Å²) in [5.74, 6) is -1.92. The van der Waals surface area contributed by atoms with E-state index in [1.807, 2.05) is 12.1 Å². The van der Waals surface area contributed by atoms with Gasteiger partial charge in [-0.15, -0.1) is 0 Å². The summed E-state index contributed by atoms with van der Waals surface area (Å²) in [6.07, 6.45) is 0. The van der Waals surface area contributed by atoms with Gasteiger partial charge in [-0.05, 0) is 59.5 Å². The Morgan fingerprint density at radius 3 is 1.65 bits per heavy atom. The second kappa shape index (κ2) is 8.83. The molecule has 0 aliphatic carbocycles. The van der Waals surface area contributed by atoms with E-state index in [2.05, 4.69) is 31.4 Å². The number of carbonyl (C=O) groups excluding carboxylic acids is 2. The molecule has 0 saturated carbocycles. The van der Waals surface area contributed by atoms with Crippen molar-refractivity contribution in [2.75, 3.05) is 10.6 Å². The summed E-state index contributed by atoms with van der Waals surface area (Å²) in [7, 11) is 0. The maximum absolute atomic E-state index is 12.5. The Morgan fingerprint density at radius 2 is 1.16 bits per heavy atom. The number of hydrogen-bond acceptors (Lipinski definition) is 3. The van der Waals surface area contributed by atoms with Crippen LogP contribution in [-0.2, 0) is 5.41 Å². The molecule has 3 N–H and O–H groups in total. The highest BCUT2D eigenvalue weighted by atomic mass is 16.4. The first-order chi connectivity index (χ1) is 14.6. The number of nitrogens with one attached hydrogen (secondary N) is 2. The van der Waals surface area contributed by atoms with Crippen molar-refractivity contribution in [3.8, 4) is 0 Å². The van der Waals surface area contributed by atoms with Crippen molar-refractivity contribution >= 4 is 29.2 Å². The molecule has 3 aromatic carbocycles. The van der Waals surface area contributed by atoms with Crippen molar-refractivity contribution in [2.45, 2.75) is 26.2 Å². The minimum atomic E-state index is -1.17. The lowest BCUT2D eigenvalue weighted by Gasteiger charge is -2.19. The third-order valence-corrected chi connectivity index (χ3v) is 4.82. The number of rotatable bonds is 5. The molecular weight excluding hydrogens is 392 g/mol. The standard InChI is InChI=1S/C25H24N2O4/c1-25(2,3)17-10-8-16(9-11-17)22(28)26-18-12-14-19(15-13-18)27-23(29)20-6-4-5-7-21(20)24(30)31/h4-15H,1-3H3,(H,26,28)(H,27,29)(H,30,31). The first-order valence-corrected chi connectivity index (χ1v) is 9.81. The van der Waals surface area contributed by atoms with E-state index in [4.69, 9.17) is 0 Å². The summed E-state index contributed by atoms with van der Waals surface area (Å²) in [6.45, 7) is 6.34. The van der Waals surface area contributed by atoms with Gasteiger partial charge in [-0.1, -0.05) is 45.0 Å². The first kappa shape index (κ1) is 21.8. The van der Waals surface area contributed by atoms with E-state index in [1.165, 1.54) is 12.1 Å². The number of carbonyl (C=O) groups is 3. The van der Waals surface area contributed by atoms with Crippen molar-refractivity contribution in [1.82, 2.24) is 0 Å². The van der Waals surface area contributed by atoms with E-state index < -0.39 is 11.9 Å². The van der Waals surface area contributed by atoms with Crippen LogP contribution in [0.5, 0.6) is 0 Å². The highest BCUT2D eigenvalue weighted by Gasteiger charge is 2.16. The molecule has 0 bridgehead atoms. The summed E-state index contributed by atoms with van der Waals surface area (Å²) < 4.78 is 0. The van der Waals surface area contributed by atoms with Crippen LogP contribution in [0.2, 0.25) is 0 Å². The fourth-order valence-corrected chi connectivity index (χ4v) is 3.03. The Hall–Kier alpha value is -3.93. The van der Waals surface area contributed by atoms with Crippen LogP contribution in [0, 0.1) is 0 Å². The third-order valence-electron chi connectivity index (χ3n) is 4.82. The average Bonchev–Trinajstić information content (AvgIpc) is 2.74. The molecule has 0 heterocycles. The minimum absolute atomic E-state index is 0.0141. The Bertz CT molecular complexity index is 1110. The molecule has 2 amide bonds. The fourth-order valence-electron chi connectivity index (χ4n) is 3.03. The molecule has 3 aromatic rings. The number of carboxylic acid groups (broad SMARTS) is 1. The van der Waals surface area contributed by atoms with Crippen molar-refractivity contribution in [3.63, 3.8) is 0 Å². The van der Waals surface area contributed by atoms with Crippen molar-refractivity contribution < 1.29 is 19.5 Å². The number of carboxylic acids is 1. The molecule has 0 aromatic heterocycles. The monoisotopic (exact) mass is 416 g/mol. The molecular formula is C25H24N2O4. The molecule has 0 saturated heterocycles. The SMILES string of the molecule is CC(C)(C)c1ccc(C(=O)Nc2ccc(NC(=O)c3ccccc3C(=O)O)cc2)cc1. The Morgan fingerprint density at radius 1 is 0.677 bits per heavy atom. The predicted octanol–water partition coefficient (Wildman–Crippen LogP) is 5.19. The summed E-state index contributed by atoms with van der Waals surface area (Å²) in [6, 6.07) is 20.1. The van der Waals surface area contributed by atoms with Crippen molar-refractivity contribution in [2.24, 2.45) is 0 Å². The highest BCUT2D eigenvalue weighted by Crippen LogP contribution is 2.23. The second-order valence-corrected chi connectivity index (χ2v) is 8.16. The van der Waals surface area contributed by atoms with E-state index >= 15 is 0 Å². The molecule has 0 spiro atoms. The maximum Gasteiger partial charge on any atom is 0.336 e. The first-order valence-electron chi connectivity index (χ1n) is 9.81. The topological polar surface area (TPSA) is 95.5 Å². The van der Waals surface area contributed by atoms with Gasteiger partial charge in [-0.3, -0.25) is 9.59 Å². The van der Waals surface area contributed by atoms with Crippen LogP contribution in [0.4, 0.5) is 11.4 Å². The number of aromatic carboxylic acids is 1. The van der Waals surface area contributed by atoms with E-state index in [0.29, 0.717) is 16.9 Å². The van der Waals surface area contributed by atoms with E-state index in [0.717, 1.165) is 5.56 Å². The third kappa shape index (κ3) is 5.36. The normalized spacial score (nSPS) is 10.9. The largest absolute Gasteiger partial charge is 0.478 e. The zero-order valence-corrected chi connectivity index (χ0v) is 17.6. The Kier molecular flexibility index (Phi) is 6.20. The van der Waals surface area contributed by atoms with Crippen LogP contribution in [0.15, 0.2) is 72.8 Å². The van der Waals surface area contributed by atoms with E-state index in [9.17, 15) is 19.5 Å². The van der Waals surface area contributed by atoms with E-state index in [-0.39, 0.29) is 22.4 Å². The molecule has 158 valence electrons. The molecule has 0 aliphatic heterocycles. The molecule has 31 heavy (non-hydrogen) atoms. The quantitative estimate of drug-likeness (QED) is 0.534. The lowest BCUT2D eigenvalue weighted by Crippen LogP contribution is -2.16. The summed E-state index contributed by atoms with van der Waals surface area (Å²) in [5, 5.41) is 14.7. The van der Waals surface area contributed by atoms with Crippen LogP contribution in [0.1, 0.15) is 57.4 Å². The number of hydrogen-bond donors (Lipinski definition) is 3. The van der Waals surface area contributed by atoms with Crippen molar-refractivity contribution in [1.29, 1.82) is 0 Å². The zero-order valence-electron chi connectivity index (χ0n) is 17.6. The van der Waals surface area contributed by atoms with Gasteiger partial charge in [0.1, 0.15) is 0 Å². The fraction of sp³-hybridized carbons (Fsp3) is 0.160. The van der Waals surface area contributed by atoms with Gasteiger partial charge in [0, 0.05) is 16.9 Å². The number of anilines is 2. The molecule has 0 fully saturated rings. The Labute approximate surface area is 180 Å². The summed E-state index contributed by atoms with van der Waals surface area (Å²) >= 11 is 0. The molecule has 6 heteroatoms. The molecule has 0 radical (unpaired) electrons. The number of amides is 2. The van der Waals surface area contributed by atoms with Gasteiger partial charge in [0.25, 0.3) is 11.8 Å². The van der Waals surface area contributed by atoms with Crippen LogP contribution in [-0.4, -0.2) is 22.9 Å². The lowest BCUT2D eigenvalue weighted by atomic mass is 9.87. The molecule has 0 atom stereocenters. The molecule has 3 rings (SSSR count). The van der Waals surface area contributed by atoms with E-state index in [1.54, 1.807) is 48.5 Å². The Balaban J connectivity index is 1.66. The average molecular weight is 416 g/mol. The van der Waals surface area contributed by atoms with Crippen LogP contribution >= 0.6 is 0 Å². The maximum atomic E-state index is 12.5. The van der Waals surface area contributed by atoms with Crippen LogP contribution in [0.3, 0.4) is 0 Å². The number of benzene rings is 3. The van der Waals surface area contributed by atoms with Gasteiger partial charge in [-0.2, -0.15) is 0 Å². The lowest BCUT2D eigenvalue weighted by molar-refractivity contribution is 0.0692. The van der Waals surface area contributed by atoms with Crippen molar-refractivity contribution in [3.05, 3.63) is 95.1 Å². The van der Waals surface area contributed by atoms with Crippen LogP contribution < -0.4 is 10.6 Å². The minimum Gasteiger partial charge on any atom is -0.478 e. The van der Waals surface area contributed by atoms with Crippen LogP contribution in [0.25, 0.3) is 0 Å². The molecule has 6 nitrogen and oxygen atoms in total. The molecule has 0 aliphatic rings. The van der Waals surface area contributed by atoms with Gasteiger partial charge in [0.05, 0.1) is 11.1 Å². The summed E-state index contributed by atoms with van der Waals surface area (Å²) in [4.78, 5) is 36.2. The molecule has 0 unspecified atom stereocenters. The van der Waals surface area contributed by atoms with Gasteiger partial charge >= 0.3 is 5.97 Å². The zero-order chi connectivity index (χ0) is 22.6. The predicted molar refractivity (Wildman–Crippen MR) is 121 cm³/mol. The van der Waals surface area contributed by atoms with Gasteiger partial charge in [-0.25, -0.2) is 4.79 Å². The van der Waals surface area contributed by atoms with Gasteiger partial charge < -0.3 is 15.7 Å². The summed E-state index contributed by atoms with van der Waals surface area (Å²) in [5.41, 5.74) is 2.78. The van der Waals surface area contributed by atoms with Gasteiger partial charge in [0.15, 0.2) is 0 Å². The highest BCUT2D eigenvalue weighted by molar-refractivity contribution is 6.10. The smallest absolute Gasteiger partial charge is 0.336 e. The van der Waals surface area contributed by atoms with Gasteiger partial charge in [0.2, 0.25) is 0 Å². The second-order valence-electron chi connectivity index (χ2n) is 8.16.